The van der Waals surface area contributed by atoms with Crippen molar-refractivity contribution in [3.05, 3.63) is 46.7 Å². The first-order valence-electron chi connectivity index (χ1n) is 8.62. The zero-order valence-corrected chi connectivity index (χ0v) is 15.3. The molecule has 1 aliphatic rings. The number of nitrogens with one attached hydrogen (secondary N) is 1. The Morgan fingerprint density at radius 2 is 2.27 bits per heavy atom. The van der Waals surface area contributed by atoms with Crippen molar-refractivity contribution in [1.82, 2.24) is 25.1 Å². The molecule has 7 nitrogen and oxygen atoms in total. The molecular formula is C18H20N6OS. The summed E-state index contributed by atoms with van der Waals surface area (Å²) in [5.74, 6) is 0.823. The van der Waals surface area contributed by atoms with Crippen molar-refractivity contribution in [3.63, 3.8) is 0 Å². The van der Waals surface area contributed by atoms with Gasteiger partial charge in [0.2, 0.25) is 5.91 Å². The fourth-order valence-electron chi connectivity index (χ4n) is 3.36. The summed E-state index contributed by atoms with van der Waals surface area (Å²) in [5, 5.41) is 16.9. The van der Waals surface area contributed by atoms with Crippen molar-refractivity contribution in [2.75, 3.05) is 18.4 Å². The first-order chi connectivity index (χ1) is 12.7. The largest absolute Gasteiger partial charge is 0.376 e. The Morgan fingerprint density at radius 1 is 1.35 bits per heavy atom. The van der Waals surface area contributed by atoms with Crippen LogP contribution in [-0.4, -0.2) is 44.1 Å². The van der Waals surface area contributed by atoms with Gasteiger partial charge in [-0.15, -0.1) is 16.4 Å². The number of amides is 1. The van der Waals surface area contributed by atoms with Gasteiger partial charge in [-0.1, -0.05) is 18.2 Å². The van der Waals surface area contributed by atoms with Gasteiger partial charge >= 0.3 is 0 Å². The van der Waals surface area contributed by atoms with E-state index in [1.807, 2.05) is 35.2 Å². The Bertz CT molecular complexity index is 891. The second-order valence-electron chi connectivity index (χ2n) is 6.32. The third-order valence-corrected chi connectivity index (χ3v) is 5.60. The lowest BCUT2D eigenvalue weighted by atomic mass is 10.2. The molecule has 134 valence electrons. The number of nitrogens with zero attached hydrogens (tertiary/aromatic N) is 5. The summed E-state index contributed by atoms with van der Waals surface area (Å²) in [6.45, 7) is 1.11. The van der Waals surface area contributed by atoms with E-state index in [-0.39, 0.29) is 18.5 Å². The summed E-state index contributed by atoms with van der Waals surface area (Å²) < 4.78 is 1.63. The molecule has 8 heteroatoms. The number of carbonyl (C=O) groups is 1. The molecule has 0 bridgehead atoms. The van der Waals surface area contributed by atoms with Gasteiger partial charge in [0.25, 0.3) is 0 Å². The second kappa shape index (κ2) is 7.25. The van der Waals surface area contributed by atoms with Crippen LogP contribution in [0.25, 0.3) is 11.4 Å². The van der Waals surface area contributed by atoms with Crippen LogP contribution >= 0.6 is 11.3 Å². The van der Waals surface area contributed by atoms with Gasteiger partial charge in [0.05, 0.1) is 12.6 Å². The minimum absolute atomic E-state index is 0.131. The average Bonchev–Trinajstić information content (AvgIpc) is 3.40. The van der Waals surface area contributed by atoms with E-state index in [0.717, 1.165) is 30.6 Å². The van der Waals surface area contributed by atoms with Gasteiger partial charge in [0, 0.05) is 29.7 Å². The average molecular weight is 368 g/mol. The highest BCUT2D eigenvalue weighted by molar-refractivity contribution is 7.10. The number of aryl methyl sites for hydroxylation is 1. The molecule has 2 aromatic heterocycles. The van der Waals surface area contributed by atoms with Crippen molar-refractivity contribution in [1.29, 1.82) is 0 Å². The maximum atomic E-state index is 12.7. The van der Waals surface area contributed by atoms with Gasteiger partial charge in [-0.05, 0) is 46.8 Å². The third-order valence-electron chi connectivity index (χ3n) is 4.63. The van der Waals surface area contributed by atoms with Gasteiger partial charge in [0.1, 0.15) is 0 Å². The molecule has 3 aromatic rings. The fourth-order valence-corrected chi connectivity index (χ4v) is 4.24. The molecule has 0 radical (unpaired) electrons. The van der Waals surface area contributed by atoms with Crippen molar-refractivity contribution >= 4 is 22.9 Å². The number of hydrogen-bond acceptors (Lipinski definition) is 6. The summed E-state index contributed by atoms with van der Waals surface area (Å²) in [6, 6.07) is 12.2. The van der Waals surface area contributed by atoms with Crippen molar-refractivity contribution in [2.24, 2.45) is 7.05 Å². The van der Waals surface area contributed by atoms with Gasteiger partial charge in [0.15, 0.2) is 5.82 Å². The minimum atomic E-state index is 0.131. The van der Waals surface area contributed by atoms with Crippen LogP contribution in [0.1, 0.15) is 23.8 Å². The first kappa shape index (κ1) is 16.7. The molecule has 1 fully saturated rings. The van der Waals surface area contributed by atoms with Gasteiger partial charge in [-0.25, -0.2) is 4.68 Å². The summed E-state index contributed by atoms with van der Waals surface area (Å²) in [5.41, 5.74) is 1.79. The topological polar surface area (TPSA) is 75.9 Å². The van der Waals surface area contributed by atoms with Crippen LogP contribution in [0.5, 0.6) is 0 Å². The molecule has 0 saturated carbocycles. The molecular weight excluding hydrogens is 348 g/mol. The fraction of sp³-hybridized carbons (Fsp3) is 0.333. The molecule has 1 N–H and O–H groups in total. The number of anilines is 1. The van der Waals surface area contributed by atoms with E-state index in [9.17, 15) is 4.79 Å². The number of aromatic nitrogens is 4. The van der Waals surface area contributed by atoms with E-state index in [0.29, 0.717) is 5.82 Å². The van der Waals surface area contributed by atoms with E-state index in [1.165, 1.54) is 4.88 Å². The molecule has 0 aliphatic carbocycles. The van der Waals surface area contributed by atoms with Crippen LogP contribution in [0, 0.1) is 0 Å². The number of benzene rings is 1. The van der Waals surface area contributed by atoms with Crippen molar-refractivity contribution < 1.29 is 4.79 Å². The normalized spacial score (nSPS) is 16.8. The van der Waals surface area contributed by atoms with Gasteiger partial charge in [-0.2, -0.15) is 0 Å². The highest BCUT2D eigenvalue weighted by Crippen LogP contribution is 2.34. The summed E-state index contributed by atoms with van der Waals surface area (Å²) in [6.07, 6.45) is 2.10. The lowest BCUT2D eigenvalue weighted by molar-refractivity contribution is -0.130. The lowest BCUT2D eigenvalue weighted by Gasteiger charge is -2.24. The van der Waals surface area contributed by atoms with Gasteiger partial charge < -0.3 is 10.2 Å². The van der Waals surface area contributed by atoms with Gasteiger partial charge in [-0.3, -0.25) is 4.79 Å². The highest BCUT2D eigenvalue weighted by Gasteiger charge is 2.30. The second-order valence-corrected chi connectivity index (χ2v) is 7.30. The monoisotopic (exact) mass is 368 g/mol. The Kier molecular flexibility index (Phi) is 4.66. The Labute approximate surface area is 155 Å². The zero-order valence-electron chi connectivity index (χ0n) is 14.5. The Hall–Kier alpha value is -2.74. The zero-order chi connectivity index (χ0) is 17.9. The standard InChI is InChI=1S/C18H20N6OS/c1-23-18(20-21-22-23)13-5-2-6-14(11-13)19-12-17(25)24-9-3-7-15(24)16-8-4-10-26-16/h2,4-6,8,10-11,15,19H,3,7,9,12H2,1H3/t15-/m1/s1. The SMILES string of the molecule is Cn1nnnc1-c1cccc(NCC(=O)N2CCC[C@@H]2c2cccs2)c1. The molecule has 1 saturated heterocycles. The molecule has 1 amide bonds. The lowest BCUT2D eigenvalue weighted by Crippen LogP contribution is -2.34. The maximum Gasteiger partial charge on any atom is 0.242 e. The van der Waals surface area contributed by atoms with E-state index in [2.05, 4.69) is 32.3 Å². The van der Waals surface area contributed by atoms with Crippen LogP contribution in [0.2, 0.25) is 0 Å². The highest BCUT2D eigenvalue weighted by atomic mass is 32.1. The minimum Gasteiger partial charge on any atom is -0.376 e. The van der Waals surface area contributed by atoms with Crippen LogP contribution in [0.3, 0.4) is 0 Å². The molecule has 26 heavy (non-hydrogen) atoms. The molecule has 3 heterocycles. The smallest absolute Gasteiger partial charge is 0.242 e. The van der Waals surface area contributed by atoms with E-state index in [4.69, 9.17) is 0 Å². The Balaban J connectivity index is 1.43. The number of likely N-dealkylation sites (tertiary alicyclic amines) is 1. The summed E-state index contributed by atoms with van der Waals surface area (Å²) in [7, 11) is 1.80. The molecule has 1 aromatic carbocycles. The maximum absolute atomic E-state index is 12.7. The van der Waals surface area contributed by atoms with E-state index < -0.39 is 0 Å². The van der Waals surface area contributed by atoms with Crippen LogP contribution in [0.15, 0.2) is 41.8 Å². The Morgan fingerprint density at radius 3 is 3.04 bits per heavy atom. The molecule has 1 aliphatic heterocycles. The summed E-state index contributed by atoms with van der Waals surface area (Å²) >= 11 is 1.72. The number of tetrazole rings is 1. The van der Waals surface area contributed by atoms with E-state index >= 15 is 0 Å². The van der Waals surface area contributed by atoms with Crippen LogP contribution in [0.4, 0.5) is 5.69 Å². The first-order valence-corrected chi connectivity index (χ1v) is 9.50. The van der Waals surface area contributed by atoms with Crippen molar-refractivity contribution in [2.45, 2.75) is 18.9 Å². The third kappa shape index (κ3) is 3.32. The van der Waals surface area contributed by atoms with E-state index in [1.54, 1.807) is 23.1 Å². The molecule has 4 rings (SSSR count). The molecule has 0 unspecified atom stereocenters. The molecule has 0 spiro atoms. The number of hydrogen-bond donors (Lipinski definition) is 1. The van der Waals surface area contributed by atoms with Crippen LogP contribution < -0.4 is 5.32 Å². The predicted molar refractivity (Wildman–Crippen MR) is 101 cm³/mol. The number of rotatable bonds is 5. The van der Waals surface area contributed by atoms with Crippen LogP contribution in [-0.2, 0) is 11.8 Å². The quantitative estimate of drug-likeness (QED) is 0.749. The summed E-state index contributed by atoms with van der Waals surface area (Å²) in [4.78, 5) is 16.0. The number of thiophene rings is 1. The van der Waals surface area contributed by atoms with Crippen molar-refractivity contribution in [3.8, 4) is 11.4 Å². The predicted octanol–water partition coefficient (Wildman–Crippen LogP) is 2.71. The molecule has 1 atom stereocenters. The number of carbonyl (C=O) groups excluding carboxylic acids is 1.